The largest absolute Gasteiger partial charge is 0.322 e. The van der Waals surface area contributed by atoms with Gasteiger partial charge in [0, 0.05) is 23.6 Å². The minimum Gasteiger partial charge on any atom is -0.322 e. The molecule has 3 aromatic rings. The van der Waals surface area contributed by atoms with Gasteiger partial charge < -0.3 is 5.32 Å². The number of H-pyrrole nitrogens is 1. The molecule has 0 atom stereocenters. The number of hydrogen-bond acceptors (Lipinski definition) is 3. The van der Waals surface area contributed by atoms with Crippen LogP contribution in [0.1, 0.15) is 10.4 Å². The maximum atomic E-state index is 11.9. The lowest BCUT2D eigenvalue weighted by atomic mass is 10.1. The van der Waals surface area contributed by atoms with Crippen LogP contribution in [-0.2, 0) is 0 Å². The van der Waals surface area contributed by atoms with E-state index >= 15 is 0 Å². The number of carbonyl (C=O) groups excluding carboxylic acids is 1. The molecule has 5 heteroatoms. The van der Waals surface area contributed by atoms with Crippen molar-refractivity contribution in [3.05, 3.63) is 66.6 Å². The van der Waals surface area contributed by atoms with Crippen molar-refractivity contribution in [2.45, 2.75) is 0 Å². The number of hydrogen-bond donors (Lipinski definition) is 2. The van der Waals surface area contributed by atoms with Crippen molar-refractivity contribution in [1.29, 1.82) is 0 Å². The Labute approximate surface area is 115 Å². The highest BCUT2D eigenvalue weighted by molar-refractivity contribution is 6.04. The average molecular weight is 264 g/mol. The van der Waals surface area contributed by atoms with Crippen molar-refractivity contribution in [3.8, 4) is 11.3 Å². The summed E-state index contributed by atoms with van der Waals surface area (Å²) in [5.41, 5.74) is 3.04. The van der Waals surface area contributed by atoms with Gasteiger partial charge in [0.1, 0.15) is 0 Å². The molecule has 98 valence electrons. The van der Waals surface area contributed by atoms with Crippen molar-refractivity contribution in [2.75, 3.05) is 5.32 Å². The summed E-state index contributed by atoms with van der Waals surface area (Å²) in [6.07, 6.45) is 4.78. The molecule has 2 N–H and O–H groups in total. The molecular weight excluding hydrogens is 252 g/mol. The number of rotatable bonds is 3. The molecule has 20 heavy (non-hydrogen) atoms. The van der Waals surface area contributed by atoms with Crippen molar-refractivity contribution in [2.24, 2.45) is 0 Å². The van der Waals surface area contributed by atoms with E-state index in [9.17, 15) is 4.79 Å². The number of nitrogens with one attached hydrogen (secondary N) is 2. The van der Waals surface area contributed by atoms with Crippen LogP contribution in [0.3, 0.4) is 0 Å². The van der Waals surface area contributed by atoms with Gasteiger partial charge in [-0.05, 0) is 24.3 Å². The molecule has 1 aromatic carbocycles. The summed E-state index contributed by atoms with van der Waals surface area (Å²) in [7, 11) is 0. The summed E-state index contributed by atoms with van der Waals surface area (Å²) in [5, 5.41) is 9.19. The zero-order valence-electron chi connectivity index (χ0n) is 10.6. The fourth-order valence-electron chi connectivity index (χ4n) is 1.87. The van der Waals surface area contributed by atoms with Crippen LogP contribution in [0.25, 0.3) is 11.3 Å². The van der Waals surface area contributed by atoms with E-state index < -0.39 is 0 Å². The van der Waals surface area contributed by atoms with Crippen LogP contribution >= 0.6 is 0 Å². The fraction of sp³-hybridized carbons (Fsp3) is 0. The summed E-state index contributed by atoms with van der Waals surface area (Å²) in [5.74, 6) is -0.197. The predicted molar refractivity (Wildman–Crippen MR) is 76.2 cm³/mol. The second-order valence-corrected chi connectivity index (χ2v) is 4.24. The minimum absolute atomic E-state index is 0.197. The number of pyridine rings is 1. The van der Waals surface area contributed by atoms with Crippen LogP contribution in [0.15, 0.2) is 61.1 Å². The Morgan fingerprint density at radius 3 is 2.85 bits per heavy atom. The van der Waals surface area contributed by atoms with E-state index in [1.165, 1.54) is 6.20 Å². The maximum absolute atomic E-state index is 11.9. The molecule has 0 aliphatic carbocycles. The van der Waals surface area contributed by atoms with Gasteiger partial charge in [-0.3, -0.25) is 14.9 Å². The quantitative estimate of drug-likeness (QED) is 0.764. The first-order valence-corrected chi connectivity index (χ1v) is 6.14. The molecule has 0 saturated carbocycles. The number of aromatic amines is 1. The molecular formula is C15H12N4O. The minimum atomic E-state index is -0.197. The van der Waals surface area contributed by atoms with Gasteiger partial charge in [0.2, 0.25) is 0 Å². The van der Waals surface area contributed by atoms with Gasteiger partial charge >= 0.3 is 0 Å². The maximum Gasteiger partial charge on any atom is 0.258 e. The van der Waals surface area contributed by atoms with Crippen molar-refractivity contribution >= 4 is 11.6 Å². The monoisotopic (exact) mass is 264 g/mol. The van der Waals surface area contributed by atoms with E-state index in [1.807, 2.05) is 42.5 Å². The predicted octanol–water partition coefficient (Wildman–Crippen LogP) is 2.72. The molecule has 2 aromatic heterocycles. The normalized spacial score (nSPS) is 10.2. The van der Waals surface area contributed by atoms with E-state index in [1.54, 1.807) is 12.4 Å². The molecule has 0 unspecified atom stereocenters. The van der Waals surface area contributed by atoms with Crippen LogP contribution in [0, 0.1) is 0 Å². The SMILES string of the molecule is O=C(Nc1cccc(-c2ccccn2)c1)c1cn[nH]c1. The highest BCUT2D eigenvalue weighted by Crippen LogP contribution is 2.20. The molecule has 0 aliphatic rings. The molecule has 0 spiro atoms. The van der Waals surface area contributed by atoms with Crippen LogP contribution in [0.4, 0.5) is 5.69 Å². The first-order chi connectivity index (χ1) is 9.83. The third-order valence-electron chi connectivity index (χ3n) is 2.84. The summed E-state index contributed by atoms with van der Waals surface area (Å²) < 4.78 is 0. The molecule has 3 rings (SSSR count). The molecule has 0 fully saturated rings. The molecule has 0 bridgehead atoms. The summed E-state index contributed by atoms with van der Waals surface area (Å²) in [6.45, 7) is 0. The lowest BCUT2D eigenvalue weighted by Gasteiger charge is -2.06. The third-order valence-corrected chi connectivity index (χ3v) is 2.84. The number of aromatic nitrogens is 3. The summed E-state index contributed by atoms with van der Waals surface area (Å²) in [4.78, 5) is 16.2. The van der Waals surface area contributed by atoms with Gasteiger partial charge in [0.25, 0.3) is 5.91 Å². The van der Waals surface area contributed by atoms with Gasteiger partial charge in [0.05, 0.1) is 17.5 Å². The molecule has 0 aliphatic heterocycles. The summed E-state index contributed by atoms with van der Waals surface area (Å²) >= 11 is 0. The third kappa shape index (κ3) is 2.56. The van der Waals surface area contributed by atoms with E-state index in [0.717, 1.165) is 16.9 Å². The Bertz CT molecular complexity index is 708. The second-order valence-electron chi connectivity index (χ2n) is 4.24. The Morgan fingerprint density at radius 2 is 2.10 bits per heavy atom. The lowest BCUT2D eigenvalue weighted by molar-refractivity contribution is 0.102. The number of benzene rings is 1. The van der Waals surface area contributed by atoms with E-state index in [-0.39, 0.29) is 5.91 Å². The van der Waals surface area contributed by atoms with Crippen LogP contribution in [0.5, 0.6) is 0 Å². The van der Waals surface area contributed by atoms with Crippen molar-refractivity contribution in [1.82, 2.24) is 15.2 Å². The van der Waals surface area contributed by atoms with Crippen LogP contribution in [0.2, 0.25) is 0 Å². The Morgan fingerprint density at radius 1 is 1.15 bits per heavy atom. The molecule has 2 heterocycles. The Hall–Kier alpha value is -2.95. The highest BCUT2D eigenvalue weighted by atomic mass is 16.1. The zero-order chi connectivity index (χ0) is 13.8. The van der Waals surface area contributed by atoms with E-state index in [2.05, 4.69) is 20.5 Å². The molecule has 0 saturated heterocycles. The second kappa shape index (κ2) is 5.36. The standard InChI is InChI=1S/C15H12N4O/c20-15(12-9-17-18-10-12)19-13-5-3-4-11(8-13)14-6-1-2-7-16-14/h1-10H,(H,17,18)(H,19,20). The Balaban J connectivity index is 1.83. The average Bonchev–Trinajstić information content (AvgIpc) is 3.03. The van der Waals surface area contributed by atoms with Crippen LogP contribution < -0.4 is 5.32 Å². The topological polar surface area (TPSA) is 70.7 Å². The van der Waals surface area contributed by atoms with E-state index in [4.69, 9.17) is 0 Å². The van der Waals surface area contributed by atoms with Gasteiger partial charge in [-0.1, -0.05) is 18.2 Å². The summed E-state index contributed by atoms with van der Waals surface area (Å²) in [6, 6.07) is 13.3. The molecule has 5 nitrogen and oxygen atoms in total. The number of nitrogens with zero attached hydrogens (tertiary/aromatic N) is 2. The van der Waals surface area contributed by atoms with Gasteiger partial charge in [-0.25, -0.2) is 0 Å². The lowest BCUT2D eigenvalue weighted by Crippen LogP contribution is -2.10. The van der Waals surface area contributed by atoms with Crippen molar-refractivity contribution < 1.29 is 4.79 Å². The van der Waals surface area contributed by atoms with Gasteiger partial charge in [-0.2, -0.15) is 5.10 Å². The van der Waals surface area contributed by atoms with E-state index in [0.29, 0.717) is 5.56 Å². The zero-order valence-corrected chi connectivity index (χ0v) is 10.6. The number of anilines is 1. The smallest absolute Gasteiger partial charge is 0.258 e. The number of carbonyl (C=O) groups is 1. The first-order valence-electron chi connectivity index (χ1n) is 6.14. The Kier molecular flexibility index (Phi) is 3.24. The van der Waals surface area contributed by atoms with Crippen LogP contribution in [-0.4, -0.2) is 21.1 Å². The van der Waals surface area contributed by atoms with Gasteiger partial charge in [0.15, 0.2) is 0 Å². The van der Waals surface area contributed by atoms with Crippen molar-refractivity contribution in [3.63, 3.8) is 0 Å². The molecule has 0 radical (unpaired) electrons. The fourth-order valence-corrected chi connectivity index (χ4v) is 1.87. The molecule has 1 amide bonds. The first kappa shape index (κ1) is 12.1. The highest BCUT2D eigenvalue weighted by Gasteiger charge is 2.07. The van der Waals surface area contributed by atoms with Gasteiger partial charge in [-0.15, -0.1) is 0 Å². The number of amides is 1.